The molecule has 0 aliphatic carbocycles. The van der Waals surface area contributed by atoms with Gasteiger partial charge in [-0.3, -0.25) is 4.79 Å². The minimum Gasteiger partial charge on any atom is -0.496 e. The lowest BCUT2D eigenvalue weighted by molar-refractivity contribution is 0.0954. The largest absolute Gasteiger partial charge is 0.496 e. The molecule has 1 N–H and O–H groups in total. The van der Waals surface area contributed by atoms with Crippen LogP contribution in [0.4, 0.5) is 0 Å². The number of hydrogen-bond donors (Lipinski definition) is 1. The smallest absolute Gasteiger partial charge is 0.252 e. The first kappa shape index (κ1) is 13.6. The lowest BCUT2D eigenvalue weighted by Crippen LogP contribution is -2.25. The van der Waals surface area contributed by atoms with Crippen molar-refractivity contribution in [3.05, 3.63) is 51.7 Å². The minimum absolute atomic E-state index is 0.0205. The van der Waals surface area contributed by atoms with Crippen molar-refractivity contribution < 1.29 is 9.53 Å². The third-order valence-electron chi connectivity index (χ3n) is 2.90. The molecule has 2 rings (SSSR count). The first-order valence-electron chi connectivity index (χ1n) is 6.14. The molecule has 0 bridgehead atoms. The van der Waals surface area contributed by atoms with Gasteiger partial charge in [0.25, 0.3) is 5.91 Å². The number of benzene rings is 1. The summed E-state index contributed by atoms with van der Waals surface area (Å²) in [4.78, 5) is 11.8. The molecular formula is C15H17NO2S. The van der Waals surface area contributed by atoms with Crippen LogP contribution in [0.15, 0.2) is 35.0 Å². The highest BCUT2D eigenvalue weighted by molar-refractivity contribution is 7.08. The van der Waals surface area contributed by atoms with Gasteiger partial charge in [0.05, 0.1) is 7.11 Å². The molecule has 0 aliphatic heterocycles. The molecule has 1 aromatic carbocycles. The molecule has 0 radical (unpaired) electrons. The van der Waals surface area contributed by atoms with Gasteiger partial charge < -0.3 is 10.1 Å². The van der Waals surface area contributed by atoms with E-state index in [9.17, 15) is 4.79 Å². The summed E-state index contributed by atoms with van der Waals surface area (Å²) >= 11 is 1.52. The normalized spacial score (nSPS) is 10.2. The van der Waals surface area contributed by atoms with Crippen LogP contribution in [-0.4, -0.2) is 19.6 Å². The Bertz CT molecular complexity index is 549. The van der Waals surface area contributed by atoms with Crippen molar-refractivity contribution in [2.45, 2.75) is 13.3 Å². The molecule has 2 aromatic rings. The van der Waals surface area contributed by atoms with Crippen LogP contribution in [0, 0.1) is 6.92 Å². The molecule has 1 aromatic heterocycles. The van der Waals surface area contributed by atoms with Crippen molar-refractivity contribution in [2.24, 2.45) is 0 Å². The van der Waals surface area contributed by atoms with Crippen molar-refractivity contribution in [1.82, 2.24) is 5.32 Å². The maximum Gasteiger partial charge on any atom is 0.252 e. The average molecular weight is 275 g/mol. The van der Waals surface area contributed by atoms with E-state index in [0.29, 0.717) is 6.54 Å². The fourth-order valence-electron chi connectivity index (χ4n) is 1.91. The summed E-state index contributed by atoms with van der Waals surface area (Å²) in [5.41, 5.74) is 3.04. The molecular weight excluding hydrogens is 258 g/mol. The number of carbonyl (C=O) groups excluding carboxylic acids is 1. The SMILES string of the molecule is COc1ccc(C)cc1CCNC(=O)c1ccsc1. The van der Waals surface area contributed by atoms with Crippen LogP contribution in [0.1, 0.15) is 21.5 Å². The van der Waals surface area contributed by atoms with Gasteiger partial charge in [-0.1, -0.05) is 17.7 Å². The van der Waals surface area contributed by atoms with E-state index >= 15 is 0 Å². The minimum atomic E-state index is -0.0205. The first-order chi connectivity index (χ1) is 9.20. The van der Waals surface area contributed by atoms with Gasteiger partial charge in [-0.05, 0) is 36.4 Å². The van der Waals surface area contributed by atoms with Gasteiger partial charge in [-0.25, -0.2) is 0 Å². The molecule has 1 amide bonds. The van der Waals surface area contributed by atoms with Gasteiger partial charge in [-0.15, -0.1) is 0 Å². The zero-order valence-corrected chi connectivity index (χ0v) is 11.9. The van der Waals surface area contributed by atoms with Crippen molar-refractivity contribution in [3.8, 4) is 5.75 Å². The molecule has 0 saturated carbocycles. The second-order valence-electron chi connectivity index (χ2n) is 4.33. The highest BCUT2D eigenvalue weighted by atomic mass is 32.1. The standard InChI is InChI=1S/C15H17NO2S/c1-11-3-4-14(18-2)12(9-11)5-7-16-15(17)13-6-8-19-10-13/h3-4,6,8-10H,5,7H2,1-2H3,(H,16,17). The Morgan fingerprint density at radius 1 is 1.37 bits per heavy atom. The predicted molar refractivity (Wildman–Crippen MR) is 78.1 cm³/mol. The third kappa shape index (κ3) is 3.58. The van der Waals surface area contributed by atoms with Crippen LogP contribution in [0.5, 0.6) is 5.75 Å². The van der Waals surface area contributed by atoms with Crippen molar-refractivity contribution >= 4 is 17.2 Å². The van der Waals surface area contributed by atoms with E-state index < -0.39 is 0 Å². The topological polar surface area (TPSA) is 38.3 Å². The van der Waals surface area contributed by atoms with Gasteiger partial charge in [-0.2, -0.15) is 11.3 Å². The maximum absolute atomic E-state index is 11.8. The summed E-state index contributed by atoms with van der Waals surface area (Å²) in [6.07, 6.45) is 0.765. The molecule has 0 fully saturated rings. The molecule has 100 valence electrons. The maximum atomic E-state index is 11.8. The number of thiophene rings is 1. The Hall–Kier alpha value is -1.81. The molecule has 1 heterocycles. The van der Waals surface area contributed by atoms with Crippen molar-refractivity contribution in [3.63, 3.8) is 0 Å². The van der Waals surface area contributed by atoms with E-state index in [1.54, 1.807) is 7.11 Å². The third-order valence-corrected chi connectivity index (χ3v) is 3.58. The summed E-state index contributed by atoms with van der Waals surface area (Å²) < 4.78 is 5.32. The quantitative estimate of drug-likeness (QED) is 0.911. The van der Waals surface area contributed by atoms with Crippen LogP contribution in [-0.2, 0) is 6.42 Å². The Labute approximate surface area is 117 Å². The van der Waals surface area contributed by atoms with E-state index in [4.69, 9.17) is 4.74 Å². The van der Waals surface area contributed by atoms with Gasteiger partial charge in [0.1, 0.15) is 5.75 Å². The molecule has 0 unspecified atom stereocenters. The van der Waals surface area contributed by atoms with E-state index in [1.807, 2.05) is 35.9 Å². The summed E-state index contributed by atoms with van der Waals surface area (Å²) in [5, 5.41) is 6.67. The lowest BCUT2D eigenvalue weighted by atomic mass is 10.1. The molecule has 0 spiro atoms. The van der Waals surface area contributed by atoms with Crippen LogP contribution in [0.3, 0.4) is 0 Å². The number of hydrogen-bond acceptors (Lipinski definition) is 3. The predicted octanol–water partition coefficient (Wildman–Crippen LogP) is 3.04. The number of nitrogens with one attached hydrogen (secondary N) is 1. The highest BCUT2D eigenvalue weighted by Gasteiger charge is 2.07. The summed E-state index contributed by atoms with van der Waals surface area (Å²) in [6.45, 7) is 2.65. The van der Waals surface area contributed by atoms with Crippen molar-refractivity contribution in [1.29, 1.82) is 0 Å². The molecule has 0 atom stereocenters. The van der Waals surface area contributed by atoms with E-state index in [0.717, 1.165) is 23.3 Å². The lowest BCUT2D eigenvalue weighted by Gasteiger charge is -2.10. The van der Waals surface area contributed by atoms with E-state index in [-0.39, 0.29) is 5.91 Å². The van der Waals surface area contributed by atoms with E-state index in [1.165, 1.54) is 16.9 Å². The Kier molecular flexibility index (Phi) is 4.58. The van der Waals surface area contributed by atoms with Gasteiger partial charge >= 0.3 is 0 Å². The number of carbonyl (C=O) groups is 1. The highest BCUT2D eigenvalue weighted by Crippen LogP contribution is 2.19. The second kappa shape index (κ2) is 6.38. The Morgan fingerprint density at radius 3 is 2.89 bits per heavy atom. The van der Waals surface area contributed by atoms with E-state index in [2.05, 4.69) is 11.4 Å². The second-order valence-corrected chi connectivity index (χ2v) is 5.11. The number of methoxy groups -OCH3 is 1. The zero-order chi connectivity index (χ0) is 13.7. The van der Waals surface area contributed by atoms with Crippen LogP contribution < -0.4 is 10.1 Å². The van der Waals surface area contributed by atoms with Gasteiger partial charge in [0, 0.05) is 17.5 Å². The fourth-order valence-corrected chi connectivity index (χ4v) is 2.55. The fraction of sp³-hybridized carbons (Fsp3) is 0.267. The van der Waals surface area contributed by atoms with Gasteiger partial charge in [0.2, 0.25) is 0 Å². The Balaban J connectivity index is 1.92. The Morgan fingerprint density at radius 2 is 2.21 bits per heavy atom. The molecule has 19 heavy (non-hydrogen) atoms. The number of amides is 1. The average Bonchev–Trinajstić information content (AvgIpc) is 2.93. The molecule has 3 nitrogen and oxygen atoms in total. The summed E-state index contributed by atoms with van der Waals surface area (Å²) in [5.74, 6) is 0.850. The number of rotatable bonds is 5. The molecule has 0 aliphatic rings. The summed E-state index contributed by atoms with van der Waals surface area (Å²) in [6, 6.07) is 7.90. The first-order valence-corrected chi connectivity index (χ1v) is 7.09. The monoisotopic (exact) mass is 275 g/mol. The van der Waals surface area contributed by atoms with Crippen LogP contribution in [0.2, 0.25) is 0 Å². The van der Waals surface area contributed by atoms with Crippen molar-refractivity contribution in [2.75, 3.05) is 13.7 Å². The van der Waals surface area contributed by atoms with Gasteiger partial charge in [0.15, 0.2) is 0 Å². The summed E-state index contributed by atoms with van der Waals surface area (Å²) in [7, 11) is 1.66. The molecule has 4 heteroatoms. The number of ether oxygens (including phenoxy) is 1. The zero-order valence-electron chi connectivity index (χ0n) is 11.1. The molecule has 0 saturated heterocycles. The van der Waals surface area contributed by atoms with Crippen LogP contribution >= 0.6 is 11.3 Å². The number of aryl methyl sites for hydroxylation is 1. The van der Waals surface area contributed by atoms with Crippen LogP contribution in [0.25, 0.3) is 0 Å².